The Morgan fingerprint density at radius 2 is 1.18 bits per heavy atom. The first-order valence-electron chi connectivity index (χ1n) is 20.0. The Morgan fingerprint density at radius 3 is 1.78 bits per heavy atom. The molecule has 6 aromatic rings. The highest BCUT2D eigenvalue weighted by atomic mass is 35.5. The van der Waals surface area contributed by atoms with Crippen molar-refractivity contribution >= 4 is 74.2 Å². The molecule has 10 rings (SSSR count). The number of benzene rings is 2. The van der Waals surface area contributed by atoms with Gasteiger partial charge in [0.2, 0.25) is 11.9 Å². The first-order valence-corrected chi connectivity index (χ1v) is 20.8. The average Bonchev–Trinajstić information content (AvgIpc) is 3.22. The van der Waals surface area contributed by atoms with Crippen LogP contribution in [0.2, 0.25) is 10.3 Å². The zero-order valence-corrected chi connectivity index (χ0v) is 33.8. The number of aromatic nitrogens is 8. The van der Waals surface area contributed by atoms with Crippen LogP contribution in [0.25, 0.3) is 26.7 Å². The minimum Gasteiger partial charge on any atom is -0.355 e. The molecule has 0 saturated carbocycles. The molecule has 302 valence electrons. The Bertz CT molecular complexity index is 2730. The number of hydrogen-bond donors (Lipinski definition) is 0. The molecular weight excluding hydrogens is 809 g/mol. The number of nitriles is 1. The zero-order valence-electron chi connectivity index (χ0n) is 32.3. The molecule has 4 aliphatic rings. The fourth-order valence-electron chi connectivity index (χ4n) is 8.53. The first-order chi connectivity index (χ1) is 29.3. The largest absolute Gasteiger partial charge is 0.355 e. The number of halogens is 4. The molecular formula is C42H37Cl2F2N14+. The minimum atomic E-state index is -0.541. The zero-order chi connectivity index (χ0) is 40.9. The lowest BCUT2D eigenvalue weighted by molar-refractivity contribution is 0.472. The summed E-state index contributed by atoms with van der Waals surface area (Å²) in [6, 6.07) is 13.0. The van der Waals surface area contributed by atoms with E-state index < -0.39 is 5.82 Å². The summed E-state index contributed by atoms with van der Waals surface area (Å²) in [5.74, 6) is 2.11. The van der Waals surface area contributed by atoms with Gasteiger partial charge in [-0.1, -0.05) is 23.2 Å². The van der Waals surface area contributed by atoms with Gasteiger partial charge in [-0.2, -0.15) is 5.26 Å². The third kappa shape index (κ3) is 7.28. The van der Waals surface area contributed by atoms with Crippen LogP contribution in [0.5, 0.6) is 0 Å². The molecule has 0 amide bonds. The fourth-order valence-corrected chi connectivity index (χ4v) is 9.02. The smallest absolute Gasteiger partial charge is 0.345 e. The Labute approximate surface area is 353 Å². The normalized spacial score (nSPS) is 18.0. The van der Waals surface area contributed by atoms with E-state index in [1.807, 2.05) is 9.80 Å². The Hall–Kier alpha value is -6.10. The molecule has 18 heteroatoms. The third-order valence-corrected chi connectivity index (χ3v) is 12.5. The molecule has 14 nitrogen and oxygen atoms in total. The second-order valence-electron chi connectivity index (χ2n) is 15.7. The lowest BCUT2D eigenvalue weighted by Gasteiger charge is -2.40. The van der Waals surface area contributed by atoms with E-state index in [0.29, 0.717) is 60.2 Å². The van der Waals surface area contributed by atoms with E-state index in [9.17, 15) is 9.65 Å². The first kappa shape index (κ1) is 38.1. The van der Waals surface area contributed by atoms with E-state index in [4.69, 9.17) is 43.1 Å². The summed E-state index contributed by atoms with van der Waals surface area (Å²) in [5, 5.41) is 10.2. The van der Waals surface area contributed by atoms with Gasteiger partial charge in [-0.3, -0.25) is 9.97 Å². The van der Waals surface area contributed by atoms with Crippen molar-refractivity contribution in [3.8, 4) is 12.1 Å². The number of rotatable bonds is 6. The molecule has 0 atom stereocenters. The van der Waals surface area contributed by atoms with Crippen LogP contribution in [-0.2, 0) is 0 Å². The van der Waals surface area contributed by atoms with E-state index in [0.717, 1.165) is 74.9 Å². The van der Waals surface area contributed by atoms with Gasteiger partial charge < -0.3 is 19.6 Å². The second-order valence-corrected chi connectivity index (χ2v) is 16.5. The summed E-state index contributed by atoms with van der Waals surface area (Å²) < 4.78 is 29.2. The summed E-state index contributed by atoms with van der Waals surface area (Å²) in [6.07, 6.45) is 10.1. The lowest BCUT2D eigenvalue weighted by atomic mass is 9.94. The molecule has 0 spiro atoms. The van der Waals surface area contributed by atoms with Crippen LogP contribution in [-0.4, -0.2) is 92.2 Å². The van der Waals surface area contributed by atoms with Crippen molar-refractivity contribution in [1.82, 2.24) is 39.9 Å². The van der Waals surface area contributed by atoms with E-state index in [1.54, 1.807) is 36.9 Å². The van der Waals surface area contributed by atoms with Crippen molar-refractivity contribution in [2.24, 2.45) is 11.8 Å². The molecule has 0 aliphatic carbocycles. The highest BCUT2D eigenvalue weighted by Gasteiger charge is 2.37. The van der Waals surface area contributed by atoms with E-state index in [2.05, 4.69) is 46.7 Å². The predicted octanol–water partition coefficient (Wildman–Crippen LogP) is 7.57. The van der Waals surface area contributed by atoms with Crippen LogP contribution < -0.4 is 19.6 Å². The van der Waals surface area contributed by atoms with Crippen molar-refractivity contribution in [1.29, 1.82) is 5.26 Å². The van der Waals surface area contributed by atoms with E-state index in [-0.39, 0.29) is 45.2 Å². The van der Waals surface area contributed by atoms with Crippen LogP contribution >= 0.6 is 23.2 Å². The summed E-state index contributed by atoms with van der Waals surface area (Å²) in [4.78, 5) is 50.2. The Kier molecular flexibility index (Phi) is 10.1. The van der Waals surface area contributed by atoms with Crippen LogP contribution in [0.1, 0.15) is 48.9 Å². The molecule has 0 N–H and O–H groups in total. The third-order valence-electron chi connectivity index (χ3n) is 11.9. The van der Waals surface area contributed by atoms with Gasteiger partial charge >= 0.3 is 5.69 Å². The molecule has 8 heterocycles. The van der Waals surface area contributed by atoms with Crippen molar-refractivity contribution in [2.75, 3.05) is 72.0 Å². The maximum absolute atomic E-state index is 15.5. The van der Waals surface area contributed by atoms with E-state index >= 15 is 4.39 Å². The highest BCUT2D eigenvalue weighted by molar-refractivity contribution is 6.34. The molecule has 0 radical (unpaired) electrons. The number of nitrogens with zero attached hydrogens (tertiary/aromatic N) is 14. The van der Waals surface area contributed by atoms with Crippen molar-refractivity contribution in [2.45, 2.75) is 37.5 Å². The van der Waals surface area contributed by atoms with Crippen molar-refractivity contribution in [3.05, 3.63) is 93.3 Å². The summed E-state index contributed by atoms with van der Waals surface area (Å²) in [7, 11) is 0. The van der Waals surface area contributed by atoms with Gasteiger partial charge in [0.05, 0.1) is 51.9 Å². The van der Waals surface area contributed by atoms with Crippen LogP contribution in [0.3, 0.4) is 0 Å². The maximum Gasteiger partial charge on any atom is 0.345 e. The molecule has 4 saturated heterocycles. The van der Waals surface area contributed by atoms with Gasteiger partial charge in [0.25, 0.3) is 6.07 Å². The Morgan fingerprint density at radius 1 is 0.633 bits per heavy atom. The van der Waals surface area contributed by atoms with Crippen LogP contribution in [0, 0.1) is 40.9 Å². The number of fused-ring (bicyclic) bond motifs is 2. The van der Waals surface area contributed by atoms with Gasteiger partial charge in [-0.05, 0) is 48.7 Å². The number of anilines is 4. The minimum absolute atomic E-state index is 0.0469. The monoisotopic (exact) mass is 845 g/mol. The molecule has 4 fully saturated rings. The van der Waals surface area contributed by atoms with Gasteiger partial charge in [0.15, 0.2) is 11.6 Å². The molecule has 4 aliphatic heterocycles. The molecule has 4 aromatic heterocycles. The summed E-state index contributed by atoms with van der Waals surface area (Å²) >= 11 is 13.0. The SMILES string of the molecule is N#CC1CCN(c2nccnc2C2CN(c3nc(Cl)c4c(F)cc([N+]#CC5CCN(c6nccnc6C6CN(c7nc(Cl)c8cc(F)ccc8n7)C6)CC5)cc4n3)C2)CC1. The quantitative estimate of drug-likeness (QED) is 0.152. The standard InChI is InChI=1S/C42H37Cl2F2N14/c43-37-30-15-28(45)1-2-32(30)53-41(55-37)59-20-26(21-59)36-40(51-10-8-49-36)58-13-5-25(6-14-58)19-52-29-16-31(46)34-33(17-29)54-42(56-38(34)44)60-22-27(23-60)35-39(50-9-7-48-35)57-11-3-24(18-47)4-12-57/h1-2,7-10,15-17,24-27H,3-6,11-14,20-23H2/q+1. The molecule has 2 aromatic carbocycles. The highest BCUT2D eigenvalue weighted by Crippen LogP contribution is 2.38. The number of hydrogen-bond acceptors (Lipinski definition) is 13. The van der Waals surface area contributed by atoms with Gasteiger partial charge in [-0.15, -0.1) is 0 Å². The topological polar surface area (TPSA) is 144 Å². The van der Waals surface area contributed by atoms with Crippen molar-refractivity contribution < 1.29 is 8.78 Å². The van der Waals surface area contributed by atoms with Crippen LogP contribution in [0.4, 0.5) is 38.0 Å². The van der Waals surface area contributed by atoms with Gasteiger partial charge in [-0.25, -0.2) is 38.7 Å². The average molecular weight is 847 g/mol. The Balaban J connectivity index is 0.781. The van der Waals surface area contributed by atoms with E-state index in [1.165, 1.54) is 18.2 Å². The fraction of sp³-hybridized carbons (Fsp3) is 0.381. The van der Waals surface area contributed by atoms with Crippen LogP contribution in [0.15, 0.2) is 55.1 Å². The van der Waals surface area contributed by atoms with Gasteiger partial charge in [0.1, 0.15) is 21.9 Å². The number of piperidine rings is 2. The van der Waals surface area contributed by atoms with Crippen molar-refractivity contribution in [3.63, 3.8) is 0 Å². The second kappa shape index (κ2) is 15.8. The summed E-state index contributed by atoms with van der Waals surface area (Å²) in [5.41, 5.74) is 3.21. The lowest BCUT2D eigenvalue weighted by Crippen LogP contribution is -2.47. The van der Waals surface area contributed by atoms with Gasteiger partial charge in [0, 0.05) is 100 Å². The maximum atomic E-state index is 15.5. The molecule has 60 heavy (non-hydrogen) atoms. The predicted molar refractivity (Wildman–Crippen MR) is 225 cm³/mol. The molecule has 0 bridgehead atoms. The summed E-state index contributed by atoms with van der Waals surface area (Å²) in [6.45, 7) is 5.55. The molecule has 0 unspecified atom stereocenters.